The average molecular weight is 749 g/mol. The Kier molecular flexibility index (Phi) is 25.3. The van der Waals surface area contributed by atoms with Gasteiger partial charge in [-0.25, -0.2) is 0 Å². The molecule has 3 atom stereocenters. The number of hydrogen-bond donors (Lipinski definition) is 0. The van der Waals surface area contributed by atoms with Crippen LogP contribution in [0.2, 0.25) is 0 Å². The van der Waals surface area contributed by atoms with Crippen molar-refractivity contribution in [1.82, 2.24) is 0 Å². The first-order chi connectivity index (χ1) is 26.4. The highest BCUT2D eigenvalue weighted by molar-refractivity contribution is 5.73. The Morgan fingerprint density at radius 1 is 0.836 bits per heavy atom. The van der Waals surface area contributed by atoms with Gasteiger partial charge in [0, 0.05) is 0 Å². The predicted molar refractivity (Wildman–Crippen MR) is 253 cm³/mol. The van der Waals surface area contributed by atoms with Crippen molar-refractivity contribution in [2.75, 3.05) is 0 Å². The molecule has 0 amide bonds. The number of rotatable bonds is 14. The fourth-order valence-corrected chi connectivity index (χ4v) is 8.24. The van der Waals surface area contributed by atoms with Crippen LogP contribution in [-0.4, -0.2) is 0 Å². The van der Waals surface area contributed by atoms with Gasteiger partial charge in [0.15, 0.2) is 0 Å². The third-order valence-electron chi connectivity index (χ3n) is 12.1. The number of benzene rings is 3. The molecule has 3 aromatic rings. The standard InChI is InChI=1S/C28H38.C16H24.C7H14.2C2H6/c1-20-17-18-27-24(20)14-8-16-26(27)25-15-7-11-22(21(25)2)10-5-6-12-23-13-9-19-28(23,3)4;1-5-6-7-16-12-14(4)9-11-15(16)10-8-13(2)3;1-4-6-7(3)5-2;2*1-2/h7-8,11,14-16,20,23H,5-6,9-10,12-13,17-19H2,1-4H3;6-7,9,11-13H,5,8,10H2,1-4H3;4,7H,1,5-6H2,2-3H3;2*1-2H3/b;7-6-;;;. The summed E-state index contributed by atoms with van der Waals surface area (Å²) in [7, 11) is 0. The van der Waals surface area contributed by atoms with Crippen molar-refractivity contribution >= 4 is 6.08 Å². The molecular formula is C55H88. The van der Waals surface area contributed by atoms with Crippen molar-refractivity contribution in [3.05, 3.63) is 112 Å². The molecule has 3 aromatic carbocycles. The summed E-state index contributed by atoms with van der Waals surface area (Å²) in [5, 5.41) is 0. The minimum atomic E-state index is 0.584. The van der Waals surface area contributed by atoms with Crippen LogP contribution in [0.3, 0.4) is 0 Å². The molecule has 0 heterocycles. The number of unbranched alkanes of at least 4 members (excludes halogenated alkanes) is 1. The van der Waals surface area contributed by atoms with Gasteiger partial charge in [-0.2, -0.15) is 0 Å². The second-order valence-corrected chi connectivity index (χ2v) is 17.2. The summed E-state index contributed by atoms with van der Waals surface area (Å²) < 4.78 is 0. The van der Waals surface area contributed by atoms with Crippen molar-refractivity contribution in [2.45, 2.75) is 193 Å². The Bertz CT molecular complexity index is 1500. The first-order valence-corrected chi connectivity index (χ1v) is 23.0. The van der Waals surface area contributed by atoms with E-state index in [1.807, 2.05) is 33.8 Å². The molecule has 0 radical (unpaired) electrons. The lowest BCUT2D eigenvalue weighted by Crippen LogP contribution is -2.17. The minimum Gasteiger partial charge on any atom is -0.103 e. The highest BCUT2D eigenvalue weighted by Crippen LogP contribution is 2.45. The molecule has 5 rings (SSSR count). The first kappa shape index (κ1) is 50.2. The van der Waals surface area contributed by atoms with Crippen LogP contribution in [0.15, 0.2) is 73.3 Å². The van der Waals surface area contributed by atoms with Crippen LogP contribution in [0.4, 0.5) is 0 Å². The second kappa shape index (κ2) is 27.7. The van der Waals surface area contributed by atoms with Gasteiger partial charge in [-0.3, -0.25) is 0 Å². The maximum absolute atomic E-state index is 3.65. The van der Waals surface area contributed by atoms with Crippen LogP contribution in [0, 0.1) is 37.0 Å². The largest absolute Gasteiger partial charge is 0.103 e. The molecule has 1 fully saturated rings. The smallest absolute Gasteiger partial charge is 0.0146 e. The molecule has 0 bridgehead atoms. The Morgan fingerprint density at radius 2 is 1.53 bits per heavy atom. The van der Waals surface area contributed by atoms with E-state index in [1.165, 1.54) is 110 Å². The van der Waals surface area contributed by atoms with Crippen LogP contribution in [-0.2, 0) is 19.3 Å². The molecule has 2 aliphatic carbocycles. The molecule has 55 heavy (non-hydrogen) atoms. The predicted octanol–water partition coefficient (Wildman–Crippen LogP) is 17.9. The summed E-state index contributed by atoms with van der Waals surface area (Å²) in [5.74, 6) is 3.29. The van der Waals surface area contributed by atoms with Crippen LogP contribution >= 0.6 is 0 Å². The van der Waals surface area contributed by atoms with E-state index in [-0.39, 0.29) is 0 Å². The van der Waals surface area contributed by atoms with E-state index in [9.17, 15) is 0 Å². The van der Waals surface area contributed by atoms with Gasteiger partial charge < -0.3 is 0 Å². The highest BCUT2D eigenvalue weighted by atomic mass is 14.4. The molecule has 0 aromatic heterocycles. The zero-order chi connectivity index (χ0) is 41.4. The van der Waals surface area contributed by atoms with Gasteiger partial charge in [0.1, 0.15) is 0 Å². The summed E-state index contributed by atoms with van der Waals surface area (Å²) in [6.45, 7) is 34.7. The maximum Gasteiger partial charge on any atom is -0.0146 e. The third-order valence-corrected chi connectivity index (χ3v) is 12.1. The Balaban J connectivity index is 0.000000473. The van der Waals surface area contributed by atoms with Crippen LogP contribution in [0.5, 0.6) is 0 Å². The second-order valence-electron chi connectivity index (χ2n) is 17.2. The molecule has 0 aliphatic heterocycles. The molecule has 0 N–H and O–H groups in total. The number of allylic oxidation sites excluding steroid dienone is 2. The SMILES string of the molecule is C=CCC(C)CC.CC.CC.CC/C=C\c1cc(C)ccc1CCC(C)C.Cc1c(CCCCC2CCCC2(C)C)cccc1-c1cccc2c1CCC2C. The van der Waals surface area contributed by atoms with Gasteiger partial charge >= 0.3 is 0 Å². The van der Waals surface area contributed by atoms with Gasteiger partial charge in [-0.05, 0) is 158 Å². The monoisotopic (exact) mass is 749 g/mol. The van der Waals surface area contributed by atoms with Gasteiger partial charge in [0.05, 0.1) is 0 Å². The highest BCUT2D eigenvalue weighted by Gasteiger charge is 2.33. The molecule has 0 spiro atoms. The summed E-state index contributed by atoms with van der Waals surface area (Å²) >= 11 is 0. The summed E-state index contributed by atoms with van der Waals surface area (Å²) in [4.78, 5) is 0. The molecule has 308 valence electrons. The minimum absolute atomic E-state index is 0.584. The average Bonchev–Trinajstić information content (AvgIpc) is 3.74. The lowest BCUT2D eigenvalue weighted by molar-refractivity contribution is 0.240. The first-order valence-electron chi connectivity index (χ1n) is 23.0. The van der Waals surface area contributed by atoms with E-state index < -0.39 is 0 Å². The normalized spacial score (nSPS) is 17.1. The Hall–Kier alpha value is -2.86. The van der Waals surface area contributed by atoms with E-state index in [0.29, 0.717) is 5.41 Å². The molecule has 0 nitrogen and oxygen atoms in total. The van der Waals surface area contributed by atoms with Crippen molar-refractivity contribution < 1.29 is 0 Å². The van der Waals surface area contributed by atoms with E-state index in [2.05, 4.69) is 143 Å². The zero-order valence-electron chi connectivity index (χ0n) is 38.8. The van der Waals surface area contributed by atoms with Crippen molar-refractivity contribution in [2.24, 2.45) is 23.2 Å². The Labute approximate surface area is 344 Å². The quantitative estimate of drug-likeness (QED) is 0.114. The van der Waals surface area contributed by atoms with Crippen LogP contribution in [0.1, 0.15) is 199 Å². The summed E-state index contributed by atoms with van der Waals surface area (Å²) in [6, 6.07) is 20.8. The van der Waals surface area contributed by atoms with Gasteiger partial charge in [-0.1, -0.05) is 181 Å². The number of fused-ring (bicyclic) bond motifs is 1. The number of hydrogen-bond acceptors (Lipinski definition) is 0. The lowest BCUT2D eigenvalue weighted by atomic mass is 9.79. The van der Waals surface area contributed by atoms with E-state index in [0.717, 1.165) is 36.5 Å². The summed E-state index contributed by atoms with van der Waals surface area (Å²) in [6.07, 6.45) is 24.8. The maximum atomic E-state index is 3.65. The van der Waals surface area contributed by atoms with Gasteiger partial charge in [0.25, 0.3) is 0 Å². The molecule has 0 saturated heterocycles. The summed E-state index contributed by atoms with van der Waals surface area (Å²) in [5.41, 5.74) is 14.1. The van der Waals surface area contributed by atoms with E-state index >= 15 is 0 Å². The fourth-order valence-electron chi connectivity index (χ4n) is 8.24. The number of aryl methyl sites for hydroxylation is 3. The molecule has 2 aliphatic rings. The van der Waals surface area contributed by atoms with E-state index in [4.69, 9.17) is 0 Å². The zero-order valence-corrected chi connectivity index (χ0v) is 38.8. The Morgan fingerprint density at radius 3 is 2.13 bits per heavy atom. The topological polar surface area (TPSA) is 0 Å². The molecular weight excluding hydrogens is 661 g/mol. The van der Waals surface area contributed by atoms with Crippen molar-refractivity contribution in [3.63, 3.8) is 0 Å². The van der Waals surface area contributed by atoms with Gasteiger partial charge in [-0.15, -0.1) is 6.58 Å². The molecule has 1 saturated carbocycles. The van der Waals surface area contributed by atoms with Crippen LogP contribution in [0.25, 0.3) is 17.2 Å². The fraction of sp³-hybridized carbons (Fsp3) is 0.600. The molecule has 0 heteroatoms. The van der Waals surface area contributed by atoms with E-state index in [1.54, 1.807) is 16.7 Å². The van der Waals surface area contributed by atoms with Gasteiger partial charge in [0.2, 0.25) is 0 Å². The van der Waals surface area contributed by atoms with Crippen molar-refractivity contribution in [1.29, 1.82) is 0 Å². The lowest BCUT2D eigenvalue weighted by Gasteiger charge is -2.27. The van der Waals surface area contributed by atoms with Crippen LogP contribution < -0.4 is 0 Å². The molecule has 3 unspecified atom stereocenters. The third kappa shape index (κ3) is 17.0. The van der Waals surface area contributed by atoms with Crippen molar-refractivity contribution in [3.8, 4) is 11.1 Å².